The summed E-state index contributed by atoms with van der Waals surface area (Å²) in [4.78, 5) is 4.27. The second kappa shape index (κ2) is 6.23. The van der Waals surface area contributed by atoms with Gasteiger partial charge < -0.3 is 8.98 Å². The Kier molecular flexibility index (Phi) is 3.99. The second-order valence-electron chi connectivity index (χ2n) is 5.95. The van der Waals surface area contributed by atoms with Crippen LogP contribution in [0.3, 0.4) is 0 Å². The minimum Gasteiger partial charge on any atom is -0.422 e. The molecule has 0 N–H and O–H groups in total. The van der Waals surface area contributed by atoms with E-state index in [0.29, 0.717) is 16.7 Å². The average molecular weight is 390 g/mol. The number of sulfone groups is 1. The molecule has 3 heterocycles. The van der Waals surface area contributed by atoms with Crippen LogP contribution in [0, 0.1) is 11.6 Å². The van der Waals surface area contributed by atoms with Crippen LogP contribution in [0.5, 0.6) is 0 Å². The van der Waals surface area contributed by atoms with Gasteiger partial charge in [-0.2, -0.15) is 0 Å². The number of halogens is 2. The van der Waals surface area contributed by atoms with Crippen molar-refractivity contribution in [3.8, 4) is 11.6 Å². The zero-order chi connectivity index (χ0) is 19.2. The van der Waals surface area contributed by atoms with Gasteiger partial charge in [-0.3, -0.25) is 0 Å². The highest BCUT2D eigenvalue weighted by atomic mass is 32.2. The summed E-state index contributed by atoms with van der Waals surface area (Å²) in [5, 5.41) is 8.00. The first-order valence-electron chi connectivity index (χ1n) is 7.73. The fourth-order valence-corrected chi connectivity index (χ4v) is 3.36. The molecule has 0 bridgehead atoms. The summed E-state index contributed by atoms with van der Waals surface area (Å²) in [6.45, 7) is 0.0124. The quantitative estimate of drug-likeness (QED) is 0.532. The fraction of sp³-hybridized carbons (Fsp3) is 0.118. The number of rotatable bonds is 4. The molecule has 0 spiro atoms. The molecular weight excluding hydrogens is 378 g/mol. The zero-order valence-electron chi connectivity index (χ0n) is 13.9. The first-order chi connectivity index (χ1) is 12.8. The molecule has 3 aromatic heterocycles. The molecule has 0 saturated heterocycles. The minimum absolute atomic E-state index is 0.0124. The highest BCUT2D eigenvalue weighted by Gasteiger charge is 2.19. The number of benzene rings is 1. The van der Waals surface area contributed by atoms with E-state index in [0.717, 1.165) is 24.8 Å². The van der Waals surface area contributed by atoms with E-state index in [1.165, 1.54) is 18.3 Å². The topological polar surface area (TPSA) is 90.9 Å². The fourth-order valence-electron chi connectivity index (χ4n) is 2.77. The van der Waals surface area contributed by atoms with Crippen LogP contribution in [0.1, 0.15) is 5.56 Å². The average Bonchev–Trinajstić information content (AvgIpc) is 3.24. The van der Waals surface area contributed by atoms with Crippen molar-refractivity contribution in [3.63, 3.8) is 0 Å². The van der Waals surface area contributed by atoms with E-state index in [2.05, 4.69) is 15.2 Å². The number of nitrogens with zero attached hydrogens (tertiary/aromatic N) is 4. The molecule has 7 nitrogen and oxygen atoms in total. The Labute approximate surface area is 152 Å². The Hall–Kier alpha value is -3.14. The summed E-state index contributed by atoms with van der Waals surface area (Å²) in [7, 11) is -3.45. The summed E-state index contributed by atoms with van der Waals surface area (Å²) >= 11 is 0. The molecule has 0 aliphatic heterocycles. The highest BCUT2D eigenvalue weighted by molar-refractivity contribution is 7.90. The van der Waals surface area contributed by atoms with Crippen LogP contribution < -0.4 is 0 Å². The number of pyridine rings is 1. The van der Waals surface area contributed by atoms with Gasteiger partial charge in [0.25, 0.3) is 5.89 Å². The molecule has 0 atom stereocenters. The lowest BCUT2D eigenvalue weighted by Crippen LogP contribution is -2.06. The maximum atomic E-state index is 14.1. The van der Waals surface area contributed by atoms with E-state index in [-0.39, 0.29) is 22.9 Å². The molecule has 10 heteroatoms. The van der Waals surface area contributed by atoms with Gasteiger partial charge in [0, 0.05) is 29.5 Å². The Balaban J connectivity index is 1.92. The standard InChI is InChI=1S/C17H12F2N4O3S/c1-27(24,25)13-4-11-5-15(17-22-21-9-26-17)23(16(11)20-7-13)8-10-2-3-12(18)6-14(10)19/h2-7,9H,8H2,1H3. The number of hydrogen-bond donors (Lipinski definition) is 0. The summed E-state index contributed by atoms with van der Waals surface area (Å²) in [6.07, 6.45) is 3.46. The molecule has 0 fully saturated rings. The molecular formula is C17H12F2N4O3S. The highest BCUT2D eigenvalue weighted by Crippen LogP contribution is 2.28. The Bertz CT molecular complexity index is 1250. The molecule has 0 aliphatic rings. The van der Waals surface area contributed by atoms with E-state index < -0.39 is 21.5 Å². The van der Waals surface area contributed by atoms with Crippen LogP contribution in [0.15, 0.2) is 52.2 Å². The van der Waals surface area contributed by atoms with E-state index in [4.69, 9.17) is 4.42 Å². The van der Waals surface area contributed by atoms with Crippen molar-refractivity contribution >= 4 is 20.9 Å². The smallest absolute Gasteiger partial charge is 0.264 e. The first kappa shape index (κ1) is 17.3. The number of fused-ring (bicyclic) bond motifs is 1. The largest absolute Gasteiger partial charge is 0.422 e. The van der Waals surface area contributed by atoms with Crippen LogP contribution >= 0.6 is 0 Å². The van der Waals surface area contributed by atoms with Crippen LogP contribution in [0.25, 0.3) is 22.6 Å². The molecule has 0 aliphatic carbocycles. The molecule has 1 aromatic carbocycles. The maximum absolute atomic E-state index is 14.1. The predicted molar refractivity (Wildman–Crippen MR) is 91.6 cm³/mol. The molecule has 0 saturated carbocycles. The Morgan fingerprint density at radius 2 is 2.00 bits per heavy atom. The SMILES string of the molecule is CS(=O)(=O)c1cnc2c(c1)cc(-c1nnco1)n2Cc1ccc(F)cc1F. The molecule has 0 amide bonds. The van der Waals surface area contributed by atoms with Gasteiger partial charge in [-0.15, -0.1) is 10.2 Å². The Morgan fingerprint density at radius 1 is 1.19 bits per heavy atom. The summed E-state index contributed by atoms with van der Waals surface area (Å²) in [5.41, 5.74) is 1.06. The monoisotopic (exact) mass is 390 g/mol. The minimum atomic E-state index is -3.45. The van der Waals surface area contributed by atoms with Gasteiger partial charge in [-0.05, 0) is 18.2 Å². The number of aromatic nitrogens is 4. The van der Waals surface area contributed by atoms with Crippen molar-refractivity contribution in [1.29, 1.82) is 0 Å². The zero-order valence-corrected chi connectivity index (χ0v) is 14.7. The normalized spacial score (nSPS) is 12.0. The van der Waals surface area contributed by atoms with Gasteiger partial charge in [0.05, 0.1) is 11.4 Å². The van der Waals surface area contributed by atoms with Gasteiger partial charge in [0.2, 0.25) is 6.39 Å². The van der Waals surface area contributed by atoms with Crippen LogP contribution in [0.4, 0.5) is 8.78 Å². The van der Waals surface area contributed by atoms with E-state index in [9.17, 15) is 17.2 Å². The Morgan fingerprint density at radius 3 is 2.67 bits per heavy atom. The third-order valence-electron chi connectivity index (χ3n) is 4.06. The van der Waals surface area contributed by atoms with Crippen molar-refractivity contribution in [2.24, 2.45) is 0 Å². The first-order valence-corrected chi connectivity index (χ1v) is 9.62. The molecule has 0 unspecified atom stereocenters. The summed E-state index contributed by atoms with van der Waals surface area (Å²) in [5.74, 6) is -1.22. The second-order valence-corrected chi connectivity index (χ2v) is 7.97. The van der Waals surface area contributed by atoms with Gasteiger partial charge in [0.1, 0.15) is 23.0 Å². The van der Waals surface area contributed by atoms with Crippen molar-refractivity contribution < 1.29 is 21.6 Å². The molecule has 27 heavy (non-hydrogen) atoms. The lowest BCUT2D eigenvalue weighted by Gasteiger charge is -2.09. The van der Waals surface area contributed by atoms with Crippen LogP contribution in [0.2, 0.25) is 0 Å². The van der Waals surface area contributed by atoms with Gasteiger partial charge >= 0.3 is 0 Å². The van der Waals surface area contributed by atoms with Crippen molar-refractivity contribution in [2.45, 2.75) is 11.4 Å². The van der Waals surface area contributed by atoms with Crippen molar-refractivity contribution in [2.75, 3.05) is 6.26 Å². The third kappa shape index (κ3) is 3.19. The van der Waals surface area contributed by atoms with Crippen LogP contribution in [-0.2, 0) is 16.4 Å². The van der Waals surface area contributed by atoms with Gasteiger partial charge in [-0.1, -0.05) is 6.07 Å². The van der Waals surface area contributed by atoms with Crippen molar-refractivity contribution in [1.82, 2.24) is 19.7 Å². The molecule has 4 rings (SSSR count). The van der Waals surface area contributed by atoms with Crippen LogP contribution in [-0.4, -0.2) is 34.4 Å². The lowest BCUT2D eigenvalue weighted by molar-refractivity contribution is 0.555. The van der Waals surface area contributed by atoms with E-state index >= 15 is 0 Å². The lowest BCUT2D eigenvalue weighted by atomic mass is 10.2. The maximum Gasteiger partial charge on any atom is 0.264 e. The van der Waals surface area contributed by atoms with Gasteiger partial charge in [0.15, 0.2) is 9.84 Å². The predicted octanol–water partition coefficient (Wildman–Crippen LogP) is 2.82. The van der Waals surface area contributed by atoms with E-state index in [1.807, 2.05) is 0 Å². The molecule has 4 aromatic rings. The molecule has 138 valence electrons. The van der Waals surface area contributed by atoms with Gasteiger partial charge in [-0.25, -0.2) is 22.2 Å². The number of hydrogen-bond acceptors (Lipinski definition) is 6. The van der Waals surface area contributed by atoms with Crippen molar-refractivity contribution in [3.05, 3.63) is 60.1 Å². The third-order valence-corrected chi connectivity index (χ3v) is 5.14. The van der Waals surface area contributed by atoms with E-state index in [1.54, 1.807) is 10.6 Å². The summed E-state index contributed by atoms with van der Waals surface area (Å²) in [6, 6.07) is 6.38. The summed E-state index contributed by atoms with van der Waals surface area (Å²) < 4.78 is 57.7. The molecule has 0 radical (unpaired) electrons.